The van der Waals surface area contributed by atoms with E-state index in [1.165, 1.54) is 6.08 Å². The van der Waals surface area contributed by atoms with E-state index in [9.17, 15) is 4.79 Å². The number of carbonyl (C=O) groups excluding carboxylic acids is 1. The Morgan fingerprint density at radius 1 is 1.50 bits per heavy atom. The monoisotopic (exact) mass is 273 g/mol. The van der Waals surface area contributed by atoms with Gasteiger partial charge in [0.05, 0.1) is 5.69 Å². The van der Waals surface area contributed by atoms with E-state index in [2.05, 4.69) is 10.3 Å². The summed E-state index contributed by atoms with van der Waals surface area (Å²) in [6.45, 7) is 2.42. The predicted molar refractivity (Wildman–Crippen MR) is 74.0 cm³/mol. The highest BCUT2D eigenvalue weighted by molar-refractivity contribution is 5.90. The van der Waals surface area contributed by atoms with E-state index in [0.717, 1.165) is 16.8 Å². The van der Waals surface area contributed by atoms with Crippen LogP contribution in [0.1, 0.15) is 16.8 Å². The van der Waals surface area contributed by atoms with Crippen LogP contribution in [0.2, 0.25) is 0 Å². The summed E-state index contributed by atoms with van der Waals surface area (Å²) in [6.07, 6.45) is 4.45. The van der Waals surface area contributed by atoms with Crippen LogP contribution in [0.25, 0.3) is 6.08 Å². The van der Waals surface area contributed by atoms with E-state index in [1.54, 1.807) is 17.8 Å². The van der Waals surface area contributed by atoms with Gasteiger partial charge in [-0.25, -0.2) is 5.48 Å². The van der Waals surface area contributed by atoms with Crippen LogP contribution < -0.4 is 10.8 Å². The van der Waals surface area contributed by atoms with Crippen LogP contribution in [-0.2, 0) is 11.3 Å². The van der Waals surface area contributed by atoms with Crippen LogP contribution in [0.15, 0.2) is 41.0 Å². The first kappa shape index (κ1) is 13.8. The number of rotatable bonds is 5. The molecule has 104 valence electrons. The molecule has 3 N–H and O–H groups in total. The molecule has 6 nitrogen and oxygen atoms in total. The molecule has 20 heavy (non-hydrogen) atoms. The largest absolute Gasteiger partial charge is 0.432 e. The van der Waals surface area contributed by atoms with E-state index in [0.29, 0.717) is 12.6 Å². The van der Waals surface area contributed by atoms with Crippen LogP contribution in [0.3, 0.4) is 0 Å². The zero-order valence-corrected chi connectivity index (χ0v) is 11.0. The van der Waals surface area contributed by atoms with Gasteiger partial charge in [0, 0.05) is 12.6 Å². The number of hydrogen-bond donors (Lipinski definition) is 3. The number of hydroxylamine groups is 1. The lowest BCUT2D eigenvalue weighted by atomic mass is 10.1. The Kier molecular flexibility index (Phi) is 4.52. The van der Waals surface area contributed by atoms with E-state index < -0.39 is 5.91 Å². The van der Waals surface area contributed by atoms with Crippen molar-refractivity contribution in [2.45, 2.75) is 13.5 Å². The zero-order chi connectivity index (χ0) is 14.4. The van der Waals surface area contributed by atoms with E-state index in [4.69, 9.17) is 9.62 Å². The van der Waals surface area contributed by atoms with E-state index >= 15 is 0 Å². The van der Waals surface area contributed by atoms with Crippen molar-refractivity contribution in [2.75, 3.05) is 5.32 Å². The van der Waals surface area contributed by atoms with E-state index in [1.807, 2.05) is 31.2 Å². The second kappa shape index (κ2) is 6.53. The molecule has 0 fully saturated rings. The second-order valence-electron chi connectivity index (χ2n) is 4.20. The average Bonchev–Trinajstić information content (AvgIpc) is 2.88. The quantitative estimate of drug-likeness (QED) is 0.441. The predicted octanol–water partition coefficient (Wildman–Crippen LogP) is 2.11. The summed E-state index contributed by atoms with van der Waals surface area (Å²) in [6, 6.07) is 8.09. The normalized spacial score (nSPS) is 10.7. The van der Waals surface area contributed by atoms with Crippen molar-refractivity contribution in [3.63, 3.8) is 0 Å². The van der Waals surface area contributed by atoms with Gasteiger partial charge in [0.15, 0.2) is 0 Å². The van der Waals surface area contributed by atoms with Crippen LogP contribution in [0.4, 0.5) is 6.01 Å². The number of amides is 1. The molecule has 6 heteroatoms. The van der Waals surface area contributed by atoms with Crippen molar-refractivity contribution in [2.24, 2.45) is 0 Å². The fourth-order valence-corrected chi connectivity index (χ4v) is 1.63. The van der Waals surface area contributed by atoms with Crippen LogP contribution in [0, 0.1) is 6.92 Å². The number of anilines is 1. The third kappa shape index (κ3) is 3.96. The summed E-state index contributed by atoms with van der Waals surface area (Å²) in [5, 5.41) is 11.5. The molecule has 1 aromatic heterocycles. The van der Waals surface area contributed by atoms with Gasteiger partial charge < -0.3 is 9.73 Å². The highest BCUT2D eigenvalue weighted by Crippen LogP contribution is 2.11. The number of nitrogens with one attached hydrogen (secondary N) is 2. The van der Waals surface area contributed by atoms with Crippen LogP contribution >= 0.6 is 0 Å². The average molecular weight is 273 g/mol. The summed E-state index contributed by atoms with van der Waals surface area (Å²) in [5.41, 5.74) is 4.24. The summed E-state index contributed by atoms with van der Waals surface area (Å²) < 4.78 is 5.19. The number of nitrogens with zero attached hydrogens (tertiary/aromatic N) is 1. The molecule has 1 amide bonds. The molecule has 2 rings (SSSR count). The molecule has 1 aromatic carbocycles. The van der Waals surface area contributed by atoms with Crippen molar-refractivity contribution in [3.8, 4) is 0 Å². The standard InChI is InChI=1S/C14H15N3O3/c1-10-9-20-14(16-10)15-8-12-4-2-3-11(7-12)5-6-13(18)17-19/h2-7,9,19H,8H2,1H3,(H,15,16)(H,17,18)/b6-5+. The summed E-state index contributed by atoms with van der Waals surface area (Å²) in [4.78, 5) is 15.0. The summed E-state index contributed by atoms with van der Waals surface area (Å²) in [5.74, 6) is -0.566. The van der Waals surface area contributed by atoms with E-state index in [-0.39, 0.29) is 0 Å². The Hall–Kier alpha value is -2.60. The number of aryl methyl sites for hydroxylation is 1. The first-order valence-corrected chi connectivity index (χ1v) is 6.04. The number of hydrogen-bond acceptors (Lipinski definition) is 5. The first-order valence-electron chi connectivity index (χ1n) is 6.04. The fourth-order valence-electron chi connectivity index (χ4n) is 1.63. The topological polar surface area (TPSA) is 87.4 Å². The van der Waals surface area contributed by atoms with Gasteiger partial charge in [0.25, 0.3) is 11.9 Å². The lowest BCUT2D eigenvalue weighted by Crippen LogP contribution is -2.14. The minimum atomic E-state index is -0.566. The molecule has 0 saturated carbocycles. The molecule has 0 spiro atoms. The number of carbonyl (C=O) groups is 1. The fraction of sp³-hybridized carbons (Fsp3) is 0.143. The Morgan fingerprint density at radius 2 is 2.35 bits per heavy atom. The highest BCUT2D eigenvalue weighted by atomic mass is 16.5. The van der Waals surface area contributed by atoms with Gasteiger partial charge in [-0.3, -0.25) is 10.0 Å². The molecular formula is C14H15N3O3. The van der Waals surface area contributed by atoms with Crippen molar-refractivity contribution < 1.29 is 14.4 Å². The smallest absolute Gasteiger partial charge is 0.294 e. The molecular weight excluding hydrogens is 258 g/mol. The summed E-state index contributed by atoms with van der Waals surface area (Å²) in [7, 11) is 0. The van der Waals surface area contributed by atoms with Gasteiger partial charge >= 0.3 is 0 Å². The lowest BCUT2D eigenvalue weighted by Gasteiger charge is -2.03. The third-order valence-electron chi connectivity index (χ3n) is 2.55. The van der Waals surface area contributed by atoms with Gasteiger partial charge in [-0.2, -0.15) is 4.98 Å². The Bertz CT molecular complexity index is 620. The number of oxazole rings is 1. The molecule has 0 unspecified atom stereocenters. The molecule has 2 aromatic rings. The van der Waals surface area contributed by atoms with Crippen LogP contribution in [-0.4, -0.2) is 16.1 Å². The minimum Gasteiger partial charge on any atom is -0.432 e. The van der Waals surface area contributed by atoms with Gasteiger partial charge in [-0.15, -0.1) is 0 Å². The van der Waals surface area contributed by atoms with Gasteiger partial charge in [0.2, 0.25) is 0 Å². The first-order chi connectivity index (χ1) is 9.67. The summed E-state index contributed by atoms with van der Waals surface area (Å²) >= 11 is 0. The highest BCUT2D eigenvalue weighted by Gasteiger charge is 2.00. The molecule has 0 aliphatic carbocycles. The molecule has 0 saturated heterocycles. The van der Waals surface area contributed by atoms with Crippen molar-refractivity contribution >= 4 is 18.0 Å². The second-order valence-corrected chi connectivity index (χ2v) is 4.20. The molecule has 1 heterocycles. The van der Waals surface area contributed by atoms with Gasteiger partial charge in [0.1, 0.15) is 6.26 Å². The van der Waals surface area contributed by atoms with Crippen molar-refractivity contribution in [3.05, 3.63) is 53.4 Å². The number of aromatic nitrogens is 1. The third-order valence-corrected chi connectivity index (χ3v) is 2.55. The molecule has 0 radical (unpaired) electrons. The Morgan fingerprint density at radius 3 is 3.05 bits per heavy atom. The maximum absolute atomic E-state index is 10.9. The molecule has 0 atom stereocenters. The zero-order valence-electron chi connectivity index (χ0n) is 11.0. The lowest BCUT2D eigenvalue weighted by molar-refractivity contribution is -0.124. The van der Waals surface area contributed by atoms with Gasteiger partial charge in [-0.05, 0) is 30.2 Å². The number of benzene rings is 1. The maximum Gasteiger partial charge on any atom is 0.294 e. The molecule has 0 aliphatic rings. The maximum atomic E-state index is 10.9. The van der Waals surface area contributed by atoms with Gasteiger partial charge in [-0.1, -0.05) is 18.2 Å². The Labute approximate surface area is 116 Å². The van der Waals surface area contributed by atoms with Crippen molar-refractivity contribution in [1.29, 1.82) is 0 Å². The van der Waals surface area contributed by atoms with Crippen LogP contribution in [0.5, 0.6) is 0 Å². The van der Waals surface area contributed by atoms with Crippen molar-refractivity contribution in [1.82, 2.24) is 10.5 Å². The molecule has 0 aliphatic heterocycles. The SMILES string of the molecule is Cc1coc(NCc2cccc(/C=C/C(=O)NO)c2)n1. The Balaban J connectivity index is 1.99. The molecule has 0 bridgehead atoms. The minimum absolute atomic E-state index is 0.475.